The minimum Gasteiger partial charge on any atom is -0.497 e. The highest BCUT2D eigenvalue weighted by atomic mass is 16.5. The molecule has 0 aliphatic carbocycles. The van der Waals surface area contributed by atoms with Gasteiger partial charge in [0.05, 0.1) is 19.1 Å². The number of aryl methyl sites for hydroxylation is 1. The summed E-state index contributed by atoms with van der Waals surface area (Å²) < 4.78 is 6.98. The molecule has 0 atom stereocenters. The maximum atomic E-state index is 12.9. The number of aromatic nitrogens is 3. The molecule has 0 aliphatic rings. The molecule has 3 rings (SSSR count). The van der Waals surface area contributed by atoms with E-state index in [1.807, 2.05) is 62.2 Å². The summed E-state index contributed by atoms with van der Waals surface area (Å²) in [5.41, 5.74) is 3.35. The van der Waals surface area contributed by atoms with Crippen LogP contribution in [0.3, 0.4) is 0 Å². The van der Waals surface area contributed by atoms with E-state index in [9.17, 15) is 4.79 Å². The van der Waals surface area contributed by atoms with Gasteiger partial charge in [0.15, 0.2) is 0 Å². The van der Waals surface area contributed by atoms with E-state index in [0.29, 0.717) is 12.2 Å². The van der Waals surface area contributed by atoms with E-state index in [1.54, 1.807) is 30.4 Å². The monoisotopic (exact) mass is 364 g/mol. The van der Waals surface area contributed by atoms with E-state index in [2.05, 4.69) is 9.97 Å². The summed E-state index contributed by atoms with van der Waals surface area (Å²) in [7, 11) is 3.50. The van der Waals surface area contributed by atoms with Crippen molar-refractivity contribution in [1.82, 2.24) is 19.4 Å². The number of hydrogen-bond donors (Lipinski definition) is 0. The maximum Gasteiger partial charge on any atom is 0.274 e. The Morgan fingerprint density at radius 3 is 2.52 bits per heavy atom. The second kappa shape index (κ2) is 8.03. The first-order valence-corrected chi connectivity index (χ1v) is 8.86. The Kier molecular flexibility index (Phi) is 5.54. The largest absolute Gasteiger partial charge is 0.497 e. The van der Waals surface area contributed by atoms with Crippen LogP contribution in [0.1, 0.15) is 29.9 Å². The first-order chi connectivity index (χ1) is 13.0. The SMILES string of the molecule is COc1ccc(-c2cc(CN(C(=O)c3cn(C)cn3)C(C)C)ccn2)cc1. The second-order valence-electron chi connectivity index (χ2n) is 6.73. The fourth-order valence-corrected chi connectivity index (χ4v) is 2.85. The standard InChI is InChI=1S/C21H24N4O2/c1-15(2)25(21(26)20-13-24(3)14-23-20)12-16-9-10-22-19(11-16)17-5-7-18(27-4)8-6-17/h5-11,13-15H,12H2,1-4H3. The lowest BCUT2D eigenvalue weighted by molar-refractivity contribution is 0.0684. The van der Waals surface area contributed by atoms with Gasteiger partial charge in [0.1, 0.15) is 11.4 Å². The third-order valence-electron chi connectivity index (χ3n) is 4.37. The number of amides is 1. The number of ether oxygens (including phenoxy) is 1. The van der Waals surface area contributed by atoms with Crippen molar-refractivity contribution in [3.05, 3.63) is 66.4 Å². The number of carbonyl (C=O) groups is 1. The van der Waals surface area contributed by atoms with Crippen LogP contribution < -0.4 is 4.74 Å². The topological polar surface area (TPSA) is 60.2 Å². The third-order valence-corrected chi connectivity index (χ3v) is 4.37. The zero-order chi connectivity index (χ0) is 19.4. The summed E-state index contributed by atoms with van der Waals surface area (Å²) in [4.78, 5) is 23.3. The van der Waals surface area contributed by atoms with Crippen molar-refractivity contribution in [2.75, 3.05) is 7.11 Å². The van der Waals surface area contributed by atoms with Crippen LogP contribution in [-0.2, 0) is 13.6 Å². The average Bonchev–Trinajstić information content (AvgIpc) is 3.12. The first kappa shape index (κ1) is 18.6. The van der Waals surface area contributed by atoms with Crippen LogP contribution in [-0.4, -0.2) is 38.5 Å². The molecule has 3 aromatic rings. The number of imidazole rings is 1. The Morgan fingerprint density at radius 1 is 1.19 bits per heavy atom. The molecule has 0 saturated heterocycles. The molecule has 1 amide bonds. The number of rotatable bonds is 6. The second-order valence-corrected chi connectivity index (χ2v) is 6.73. The van der Waals surface area contributed by atoms with Crippen LogP contribution in [0.4, 0.5) is 0 Å². The highest BCUT2D eigenvalue weighted by Gasteiger charge is 2.21. The summed E-state index contributed by atoms with van der Waals surface area (Å²) in [6, 6.07) is 11.8. The fourth-order valence-electron chi connectivity index (χ4n) is 2.85. The van der Waals surface area contributed by atoms with E-state index < -0.39 is 0 Å². The van der Waals surface area contributed by atoms with E-state index in [4.69, 9.17) is 4.74 Å². The van der Waals surface area contributed by atoms with Crippen LogP contribution >= 0.6 is 0 Å². The van der Waals surface area contributed by atoms with Crippen molar-refractivity contribution >= 4 is 5.91 Å². The average molecular weight is 364 g/mol. The fraction of sp³-hybridized carbons (Fsp3) is 0.286. The van der Waals surface area contributed by atoms with Crippen LogP contribution in [0.5, 0.6) is 5.75 Å². The van der Waals surface area contributed by atoms with Gasteiger partial charge in [0, 0.05) is 37.6 Å². The molecule has 0 unspecified atom stereocenters. The maximum absolute atomic E-state index is 12.9. The molecule has 140 valence electrons. The van der Waals surface area contributed by atoms with Gasteiger partial charge >= 0.3 is 0 Å². The lowest BCUT2D eigenvalue weighted by Crippen LogP contribution is -2.36. The molecule has 0 saturated carbocycles. The molecule has 6 heteroatoms. The van der Waals surface area contributed by atoms with Crippen LogP contribution in [0.25, 0.3) is 11.3 Å². The molecule has 0 radical (unpaired) electrons. The van der Waals surface area contributed by atoms with Gasteiger partial charge in [0.25, 0.3) is 5.91 Å². The quantitative estimate of drug-likeness (QED) is 0.671. The molecule has 6 nitrogen and oxygen atoms in total. The van der Waals surface area contributed by atoms with Gasteiger partial charge in [-0.1, -0.05) is 0 Å². The molecule has 0 aliphatic heterocycles. The number of pyridine rings is 1. The van der Waals surface area contributed by atoms with Crippen molar-refractivity contribution in [1.29, 1.82) is 0 Å². The highest BCUT2D eigenvalue weighted by Crippen LogP contribution is 2.22. The zero-order valence-corrected chi connectivity index (χ0v) is 16.1. The van der Waals surface area contributed by atoms with Crippen LogP contribution in [0, 0.1) is 0 Å². The van der Waals surface area contributed by atoms with E-state index >= 15 is 0 Å². The molecular formula is C21H24N4O2. The Labute approximate surface area is 159 Å². The Balaban J connectivity index is 1.83. The predicted octanol–water partition coefficient (Wildman–Crippen LogP) is 3.54. The Hall–Kier alpha value is -3.15. The number of hydrogen-bond acceptors (Lipinski definition) is 4. The van der Waals surface area contributed by atoms with E-state index in [-0.39, 0.29) is 11.9 Å². The predicted molar refractivity (Wildman–Crippen MR) is 104 cm³/mol. The van der Waals surface area contributed by atoms with Gasteiger partial charge in [0.2, 0.25) is 0 Å². The summed E-state index contributed by atoms with van der Waals surface area (Å²) in [6.07, 6.45) is 5.16. The molecule has 0 bridgehead atoms. The number of carbonyl (C=O) groups excluding carboxylic acids is 1. The highest BCUT2D eigenvalue weighted by molar-refractivity contribution is 5.92. The Bertz CT molecular complexity index is 916. The molecule has 27 heavy (non-hydrogen) atoms. The summed E-state index contributed by atoms with van der Waals surface area (Å²) in [5.74, 6) is 0.732. The molecular weight excluding hydrogens is 340 g/mol. The molecule has 0 N–H and O–H groups in total. The molecule has 0 spiro atoms. The summed E-state index contributed by atoms with van der Waals surface area (Å²) in [5, 5.41) is 0. The van der Waals surface area contributed by atoms with Crippen molar-refractivity contribution in [3.8, 4) is 17.0 Å². The molecule has 2 aromatic heterocycles. The van der Waals surface area contributed by atoms with Crippen molar-refractivity contribution < 1.29 is 9.53 Å². The van der Waals surface area contributed by atoms with Crippen LogP contribution in [0.15, 0.2) is 55.1 Å². The molecule has 1 aromatic carbocycles. The normalized spacial score (nSPS) is 10.9. The number of benzene rings is 1. The molecule has 0 fully saturated rings. The van der Waals surface area contributed by atoms with Crippen LogP contribution in [0.2, 0.25) is 0 Å². The first-order valence-electron chi connectivity index (χ1n) is 8.86. The van der Waals surface area contributed by atoms with Crippen molar-refractivity contribution in [2.24, 2.45) is 7.05 Å². The summed E-state index contributed by atoms with van der Waals surface area (Å²) in [6.45, 7) is 4.51. The summed E-state index contributed by atoms with van der Waals surface area (Å²) >= 11 is 0. The lowest BCUT2D eigenvalue weighted by atomic mass is 10.1. The smallest absolute Gasteiger partial charge is 0.274 e. The van der Waals surface area contributed by atoms with Gasteiger partial charge in [-0.2, -0.15) is 0 Å². The molecule has 2 heterocycles. The van der Waals surface area contributed by atoms with Gasteiger partial charge in [-0.3, -0.25) is 9.78 Å². The van der Waals surface area contributed by atoms with Gasteiger partial charge in [-0.05, 0) is 55.8 Å². The van der Waals surface area contributed by atoms with E-state index in [0.717, 1.165) is 22.6 Å². The zero-order valence-electron chi connectivity index (χ0n) is 16.1. The minimum absolute atomic E-state index is 0.0529. The van der Waals surface area contributed by atoms with Gasteiger partial charge in [-0.15, -0.1) is 0 Å². The van der Waals surface area contributed by atoms with Gasteiger partial charge in [-0.25, -0.2) is 4.98 Å². The Morgan fingerprint density at radius 2 is 1.93 bits per heavy atom. The number of methoxy groups -OCH3 is 1. The minimum atomic E-state index is -0.0755. The third kappa shape index (κ3) is 4.34. The van der Waals surface area contributed by atoms with Gasteiger partial charge < -0.3 is 14.2 Å². The van der Waals surface area contributed by atoms with Crippen molar-refractivity contribution in [2.45, 2.75) is 26.4 Å². The number of nitrogens with zero attached hydrogens (tertiary/aromatic N) is 4. The lowest BCUT2D eigenvalue weighted by Gasteiger charge is -2.26. The van der Waals surface area contributed by atoms with Crippen molar-refractivity contribution in [3.63, 3.8) is 0 Å². The van der Waals surface area contributed by atoms with E-state index in [1.165, 1.54) is 0 Å².